The highest BCUT2D eigenvalue weighted by molar-refractivity contribution is 5.81. The van der Waals surface area contributed by atoms with Crippen molar-refractivity contribution in [2.24, 2.45) is 0 Å². The minimum Gasteiger partial charge on any atom is -0.493 e. The van der Waals surface area contributed by atoms with Crippen molar-refractivity contribution in [3.63, 3.8) is 0 Å². The lowest BCUT2D eigenvalue weighted by molar-refractivity contribution is -0.120. The number of ether oxygens (including phenoxy) is 1. The molecule has 27 heavy (non-hydrogen) atoms. The fourth-order valence-electron chi connectivity index (χ4n) is 3.14. The topological polar surface area (TPSA) is 94.0 Å². The van der Waals surface area contributed by atoms with Crippen molar-refractivity contribution in [2.45, 2.75) is 19.4 Å². The van der Waals surface area contributed by atoms with E-state index in [0.29, 0.717) is 12.4 Å². The number of nitrogens with zero attached hydrogens (tertiary/aromatic N) is 4. The Morgan fingerprint density at radius 2 is 2.15 bits per heavy atom. The SMILES string of the molecule is Cc1nnnn1-c1cccc(NCC(=O)NC2CCOc3ccccc32)c1. The standard InChI is InChI=1S/C19H20N6O2/c1-13-22-23-24-25(13)15-6-4-5-14(11-15)20-12-19(26)21-17-9-10-27-18-8-3-2-7-16(17)18/h2-8,11,17,20H,9-10,12H2,1H3,(H,21,26). The molecular formula is C19H20N6O2. The van der Waals surface area contributed by atoms with Crippen LogP contribution < -0.4 is 15.4 Å². The number of carbonyl (C=O) groups is 1. The Bertz CT molecular complexity index is 955. The molecule has 8 nitrogen and oxygen atoms in total. The number of carbonyl (C=O) groups excluding carboxylic acids is 1. The van der Waals surface area contributed by atoms with E-state index in [4.69, 9.17) is 4.74 Å². The van der Waals surface area contributed by atoms with Gasteiger partial charge in [-0.2, -0.15) is 4.68 Å². The monoisotopic (exact) mass is 364 g/mol. The summed E-state index contributed by atoms with van der Waals surface area (Å²) in [4.78, 5) is 12.4. The Balaban J connectivity index is 1.39. The van der Waals surface area contributed by atoms with Crippen LogP contribution >= 0.6 is 0 Å². The highest BCUT2D eigenvalue weighted by Gasteiger charge is 2.22. The maximum Gasteiger partial charge on any atom is 0.239 e. The quantitative estimate of drug-likeness (QED) is 0.719. The van der Waals surface area contributed by atoms with E-state index < -0.39 is 0 Å². The third-order valence-electron chi connectivity index (χ3n) is 4.46. The van der Waals surface area contributed by atoms with Gasteiger partial charge in [0.2, 0.25) is 5.91 Å². The molecule has 2 aromatic carbocycles. The molecule has 0 fully saturated rings. The number of amides is 1. The van der Waals surface area contributed by atoms with Gasteiger partial charge in [-0.3, -0.25) is 4.79 Å². The van der Waals surface area contributed by atoms with Gasteiger partial charge >= 0.3 is 0 Å². The minimum absolute atomic E-state index is 0.0283. The van der Waals surface area contributed by atoms with Gasteiger partial charge in [0.25, 0.3) is 0 Å². The van der Waals surface area contributed by atoms with E-state index in [1.807, 2.05) is 55.5 Å². The van der Waals surface area contributed by atoms with Crippen molar-refractivity contribution in [1.82, 2.24) is 25.5 Å². The third-order valence-corrected chi connectivity index (χ3v) is 4.46. The van der Waals surface area contributed by atoms with Crippen molar-refractivity contribution in [3.8, 4) is 11.4 Å². The first-order valence-electron chi connectivity index (χ1n) is 8.81. The Kier molecular flexibility index (Phi) is 4.69. The van der Waals surface area contributed by atoms with Crippen LogP contribution in [0.1, 0.15) is 23.9 Å². The summed E-state index contributed by atoms with van der Waals surface area (Å²) in [6.45, 7) is 2.61. The molecule has 0 bridgehead atoms. The van der Waals surface area contributed by atoms with Crippen LogP contribution in [-0.2, 0) is 4.79 Å². The molecule has 0 spiro atoms. The lowest BCUT2D eigenvalue weighted by Gasteiger charge is -2.26. The van der Waals surface area contributed by atoms with Gasteiger partial charge in [0.15, 0.2) is 5.82 Å². The number of hydrogen-bond donors (Lipinski definition) is 2. The van der Waals surface area contributed by atoms with Crippen molar-refractivity contribution < 1.29 is 9.53 Å². The molecule has 8 heteroatoms. The average Bonchev–Trinajstić information content (AvgIpc) is 3.13. The molecule has 138 valence electrons. The number of tetrazole rings is 1. The molecule has 0 saturated carbocycles. The average molecular weight is 364 g/mol. The summed E-state index contributed by atoms with van der Waals surface area (Å²) in [6, 6.07) is 15.4. The second-order valence-corrected chi connectivity index (χ2v) is 6.34. The van der Waals surface area contributed by atoms with E-state index in [1.54, 1.807) is 4.68 Å². The molecule has 1 aliphatic heterocycles. The van der Waals surface area contributed by atoms with Gasteiger partial charge in [0.1, 0.15) is 5.75 Å². The summed E-state index contributed by atoms with van der Waals surface area (Å²) < 4.78 is 7.28. The molecule has 2 heterocycles. The van der Waals surface area contributed by atoms with Gasteiger partial charge in [0, 0.05) is 17.7 Å². The van der Waals surface area contributed by atoms with Crippen molar-refractivity contribution in [2.75, 3.05) is 18.5 Å². The predicted molar refractivity (Wildman–Crippen MR) is 99.8 cm³/mol. The molecule has 1 aromatic heterocycles. The van der Waals surface area contributed by atoms with E-state index in [-0.39, 0.29) is 18.5 Å². The zero-order valence-corrected chi connectivity index (χ0v) is 14.9. The molecule has 3 aromatic rings. The minimum atomic E-state index is -0.0688. The molecule has 1 unspecified atom stereocenters. The van der Waals surface area contributed by atoms with Gasteiger partial charge in [-0.05, 0) is 41.6 Å². The third kappa shape index (κ3) is 3.74. The number of rotatable bonds is 5. The van der Waals surface area contributed by atoms with Crippen molar-refractivity contribution >= 4 is 11.6 Å². The van der Waals surface area contributed by atoms with Gasteiger partial charge in [0.05, 0.1) is 24.9 Å². The van der Waals surface area contributed by atoms with Crippen LogP contribution in [0.25, 0.3) is 5.69 Å². The number of hydrogen-bond acceptors (Lipinski definition) is 6. The molecule has 0 aliphatic carbocycles. The number of para-hydroxylation sites is 1. The maximum atomic E-state index is 12.4. The Labute approximate surface area is 156 Å². The number of nitrogens with one attached hydrogen (secondary N) is 2. The van der Waals surface area contributed by atoms with Crippen molar-refractivity contribution in [3.05, 3.63) is 59.9 Å². The van der Waals surface area contributed by atoms with E-state index in [1.165, 1.54) is 0 Å². The zero-order chi connectivity index (χ0) is 18.6. The first-order valence-corrected chi connectivity index (χ1v) is 8.81. The summed E-state index contributed by atoms with van der Waals surface area (Å²) in [5.74, 6) is 1.47. The van der Waals surface area contributed by atoms with Crippen LogP contribution in [0.4, 0.5) is 5.69 Å². The molecular weight excluding hydrogens is 344 g/mol. The molecule has 4 rings (SSSR count). The van der Waals surface area contributed by atoms with Gasteiger partial charge in [-0.1, -0.05) is 24.3 Å². The second kappa shape index (κ2) is 7.45. The molecule has 1 amide bonds. The Morgan fingerprint density at radius 1 is 1.26 bits per heavy atom. The van der Waals surface area contributed by atoms with E-state index in [0.717, 1.165) is 29.1 Å². The number of benzene rings is 2. The largest absolute Gasteiger partial charge is 0.493 e. The molecule has 1 atom stereocenters. The van der Waals surface area contributed by atoms with Gasteiger partial charge in [-0.15, -0.1) is 5.10 Å². The fourth-order valence-corrected chi connectivity index (χ4v) is 3.14. The summed E-state index contributed by atoms with van der Waals surface area (Å²) in [7, 11) is 0. The van der Waals surface area contributed by atoms with Crippen molar-refractivity contribution in [1.29, 1.82) is 0 Å². The molecule has 0 radical (unpaired) electrons. The Hall–Kier alpha value is -3.42. The fraction of sp³-hybridized carbons (Fsp3) is 0.263. The first kappa shape index (κ1) is 17.0. The van der Waals surface area contributed by atoms with E-state index >= 15 is 0 Å². The number of aryl methyl sites for hydroxylation is 1. The molecule has 0 saturated heterocycles. The Morgan fingerprint density at radius 3 is 3.00 bits per heavy atom. The second-order valence-electron chi connectivity index (χ2n) is 6.34. The van der Waals surface area contributed by atoms with E-state index in [2.05, 4.69) is 26.2 Å². The number of fused-ring (bicyclic) bond motifs is 1. The lowest BCUT2D eigenvalue weighted by atomic mass is 10.0. The lowest BCUT2D eigenvalue weighted by Crippen LogP contribution is -2.35. The summed E-state index contributed by atoms with van der Waals surface area (Å²) in [5, 5.41) is 17.7. The highest BCUT2D eigenvalue weighted by atomic mass is 16.5. The summed E-state index contributed by atoms with van der Waals surface area (Å²) in [6.07, 6.45) is 0.761. The van der Waals surface area contributed by atoms with Crippen LogP contribution in [0, 0.1) is 6.92 Å². The molecule has 2 N–H and O–H groups in total. The van der Waals surface area contributed by atoms with Crippen LogP contribution in [-0.4, -0.2) is 39.3 Å². The van der Waals surface area contributed by atoms with Crippen LogP contribution in [0.2, 0.25) is 0 Å². The smallest absolute Gasteiger partial charge is 0.239 e. The van der Waals surface area contributed by atoms with Gasteiger partial charge in [-0.25, -0.2) is 0 Å². The highest BCUT2D eigenvalue weighted by Crippen LogP contribution is 2.31. The summed E-state index contributed by atoms with van der Waals surface area (Å²) in [5.41, 5.74) is 2.68. The normalized spacial score (nSPS) is 15.5. The summed E-state index contributed by atoms with van der Waals surface area (Å²) >= 11 is 0. The first-order chi connectivity index (χ1) is 13.2. The predicted octanol–water partition coefficient (Wildman–Crippen LogP) is 2.02. The number of anilines is 1. The van der Waals surface area contributed by atoms with Crippen LogP contribution in [0.5, 0.6) is 5.75 Å². The maximum absolute atomic E-state index is 12.4. The van der Waals surface area contributed by atoms with Gasteiger partial charge < -0.3 is 15.4 Å². The zero-order valence-electron chi connectivity index (χ0n) is 14.9. The number of aromatic nitrogens is 4. The van der Waals surface area contributed by atoms with Crippen LogP contribution in [0.3, 0.4) is 0 Å². The van der Waals surface area contributed by atoms with E-state index in [9.17, 15) is 4.79 Å². The molecule has 1 aliphatic rings. The van der Waals surface area contributed by atoms with Crippen LogP contribution in [0.15, 0.2) is 48.5 Å².